The van der Waals surface area contributed by atoms with Crippen LogP contribution in [0.1, 0.15) is 20.3 Å². The van der Waals surface area contributed by atoms with Crippen molar-refractivity contribution in [2.24, 2.45) is 11.8 Å². The van der Waals surface area contributed by atoms with Gasteiger partial charge in [0, 0.05) is 35.9 Å². The van der Waals surface area contributed by atoms with Gasteiger partial charge in [-0.15, -0.1) is 0 Å². The van der Waals surface area contributed by atoms with E-state index in [-0.39, 0.29) is 30.1 Å². The second-order valence-corrected chi connectivity index (χ2v) is 7.31. The van der Waals surface area contributed by atoms with Crippen LogP contribution in [-0.4, -0.2) is 31.4 Å². The fraction of sp³-hybridized carbons (Fsp3) is 0.318. The van der Waals surface area contributed by atoms with E-state index in [1.165, 1.54) is 0 Å². The van der Waals surface area contributed by atoms with Crippen molar-refractivity contribution in [2.75, 3.05) is 29.2 Å². The number of carbonyl (C=O) groups is 3. The van der Waals surface area contributed by atoms with Gasteiger partial charge in [-0.25, -0.2) is 0 Å². The van der Waals surface area contributed by atoms with Crippen molar-refractivity contribution < 1.29 is 19.1 Å². The van der Waals surface area contributed by atoms with Crippen LogP contribution >= 0.6 is 0 Å². The third kappa shape index (κ3) is 4.93. The van der Waals surface area contributed by atoms with Gasteiger partial charge in [0.05, 0.1) is 13.0 Å². The van der Waals surface area contributed by atoms with Crippen LogP contribution in [0.15, 0.2) is 48.5 Å². The van der Waals surface area contributed by atoms with Gasteiger partial charge in [0.1, 0.15) is 5.75 Å². The van der Waals surface area contributed by atoms with E-state index in [2.05, 4.69) is 10.6 Å². The van der Waals surface area contributed by atoms with Crippen LogP contribution in [0.25, 0.3) is 0 Å². The first kappa shape index (κ1) is 20.4. The average molecular weight is 395 g/mol. The van der Waals surface area contributed by atoms with Crippen molar-refractivity contribution in [3.8, 4) is 5.75 Å². The van der Waals surface area contributed by atoms with Gasteiger partial charge in [0.2, 0.25) is 17.7 Å². The fourth-order valence-corrected chi connectivity index (χ4v) is 3.06. The Morgan fingerprint density at radius 1 is 1.00 bits per heavy atom. The van der Waals surface area contributed by atoms with E-state index in [0.717, 1.165) is 5.69 Å². The molecule has 1 aliphatic rings. The maximum atomic E-state index is 12.6. The Balaban J connectivity index is 1.59. The molecule has 1 aliphatic heterocycles. The number of benzene rings is 2. The smallest absolute Gasteiger partial charge is 0.229 e. The largest absolute Gasteiger partial charge is 0.497 e. The molecule has 1 heterocycles. The molecule has 3 amide bonds. The summed E-state index contributed by atoms with van der Waals surface area (Å²) >= 11 is 0. The minimum Gasteiger partial charge on any atom is -0.497 e. The van der Waals surface area contributed by atoms with Gasteiger partial charge in [-0.05, 0) is 48.5 Å². The van der Waals surface area contributed by atoms with Gasteiger partial charge in [0.25, 0.3) is 0 Å². The van der Waals surface area contributed by atoms with E-state index in [9.17, 15) is 14.4 Å². The molecule has 0 aromatic heterocycles. The van der Waals surface area contributed by atoms with Crippen molar-refractivity contribution in [3.05, 3.63) is 48.5 Å². The lowest BCUT2D eigenvalue weighted by Gasteiger charge is -2.17. The minimum absolute atomic E-state index is 0.0649. The third-order valence-corrected chi connectivity index (χ3v) is 4.82. The Morgan fingerprint density at radius 3 is 2.14 bits per heavy atom. The summed E-state index contributed by atoms with van der Waals surface area (Å²) in [5.74, 6) is -0.171. The molecule has 152 valence electrons. The van der Waals surface area contributed by atoms with Gasteiger partial charge in [-0.3, -0.25) is 14.4 Å². The Kier molecular flexibility index (Phi) is 6.16. The van der Waals surface area contributed by atoms with Gasteiger partial charge in [0.15, 0.2) is 0 Å². The molecular formula is C22H25N3O4. The standard InChI is InChI=1S/C22H25N3O4/c1-14(2)21(27)23-16-4-6-17(7-5-16)24-22(28)15-12-20(26)25(13-15)18-8-10-19(29-3)11-9-18/h4-11,14-15H,12-13H2,1-3H3,(H,23,27)(H,24,28). The summed E-state index contributed by atoms with van der Waals surface area (Å²) in [6.45, 7) is 3.98. The van der Waals surface area contributed by atoms with Gasteiger partial charge in [-0.2, -0.15) is 0 Å². The topological polar surface area (TPSA) is 87.7 Å². The monoisotopic (exact) mass is 395 g/mol. The van der Waals surface area contributed by atoms with Crippen molar-refractivity contribution in [1.29, 1.82) is 0 Å². The van der Waals surface area contributed by atoms with Gasteiger partial charge < -0.3 is 20.3 Å². The number of hydrogen-bond acceptors (Lipinski definition) is 4. The average Bonchev–Trinajstić information content (AvgIpc) is 3.11. The summed E-state index contributed by atoms with van der Waals surface area (Å²) in [7, 11) is 1.58. The number of methoxy groups -OCH3 is 1. The van der Waals surface area contributed by atoms with E-state index in [1.807, 2.05) is 13.8 Å². The van der Waals surface area contributed by atoms with Crippen LogP contribution in [0, 0.1) is 11.8 Å². The normalized spacial score (nSPS) is 16.1. The summed E-state index contributed by atoms with van der Waals surface area (Å²) in [4.78, 5) is 38.3. The summed E-state index contributed by atoms with van der Waals surface area (Å²) in [6, 6.07) is 14.1. The highest BCUT2D eigenvalue weighted by molar-refractivity contribution is 6.03. The maximum absolute atomic E-state index is 12.6. The quantitative estimate of drug-likeness (QED) is 0.786. The molecule has 2 N–H and O–H groups in total. The highest BCUT2D eigenvalue weighted by Crippen LogP contribution is 2.27. The predicted molar refractivity (Wildman–Crippen MR) is 112 cm³/mol. The first-order valence-electron chi connectivity index (χ1n) is 9.53. The van der Waals surface area contributed by atoms with E-state index in [4.69, 9.17) is 4.74 Å². The molecule has 3 rings (SSSR count). The van der Waals surface area contributed by atoms with Crippen LogP contribution in [0.5, 0.6) is 5.75 Å². The molecule has 0 aliphatic carbocycles. The zero-order valence-electron chi connectivity index (χ0n) is 16.8. The molecule has 0 saturated carbocycles. The first-order valence-corrected chi connectivity index (χ1v) is 9.53. The second kappa shape index (κ2) is 8.77. The SMILES string of the molecule is COc1ccc(N2CC(C(=O)Nc3ccc(NC(=O)C(C)C)cc3)CC2=O)cc1. The van der Waals surface area contributed by atoms with Crippen LogP contribution in [0.3, 0.4) is 0 Å². The molecule has 0 radical (unpaired) electrons. The number of ether oxygens (including phenoxy) is 1. The van der Waals surface area contributed by atoms with E-state index < -0.39 is 5.92 Å². The van der Waals surface area contributed by atoms with Gasteiger partial charge >= 0.3 is 0 Å². The number of carbonyl (C=O) groups excluding carboxylic acids is 3. The number of anilines is 3. The number of nitrogens with one attached hydrogen (secondary N) is 2. The van der Waals surface area contributed by atoms with Crippen molar-refractivity contribution in [3.63, 3.8) is 0 Å². The molecule has 1 saturated heterocycles. The molecule has 29 heavy (non-hydrogen) atoms. The molecule has 1 atom stereocenters. The minimum atomic E-state index is -0.426. The van der Waals surface area contributed by atoms with Crippen LogP contribution < -0.4 is 20.3 Å². The Hall–Kier alpha value is -3.35. The van der Waals surface area contributed by atoms with Gasteiger partial charge in [-0.1, -0.05) is 13.8 Å². The number of nitrogens with zero attached hydrogens (tertiary/aromatic N) is 1. The highest BCUT2D eigenvalue weighted by Gasteiger charge is 2.35. The molecule has 7 heteroatoms. The van der Waals surface area contributed by atoms with Crippen LogP contribution in [0.2, 0.25) is 0 Å². The van der Waals surface area contributed by atoms with Crippen molar-refractivity contribution in [1.82, 2.24) is 0 Å². The lowest BCUT2D eigenvalue weighted by Crippen LogP contribution is -2.28. The summed E-state index contributed by atoms with van der Waals surface area (Å²) in [6.07, 6.45) is 0.167. The second-order valence-electron chi connectivity index (χ2n) is 7.31. The Bertz CT molecular complexity index is 891. The molecule has 1 unspecified atom stereocenters. The fourth-order valence-electron chi connectivity index (χ4n) is 3.06. The summed E-state index contributed by atoms with van der Waals surface area (Å²) in [5, 5.41) is 5.65. The molecular weight excluding hydrogens is 370 g/mol. The van der Waals surface area contributed by atoms with Crippen LogP contribution in [0.4, 0.5) is 17.1 Å². The van der Waals surface area contributed by atoms with E-state index in [0.29, 0.717) is 23.7 Å². The first-order chi connectivity index (χ1) is 13.9. The van der Waals surface area contributed by atoms with E-state index >= 15 is 0 Å². The summed E-state index contributed by atoms with van der Waals surface area (Å²) in [5.41, 5.74) is 2.03. The number of hydrogen-bond donors (Lipinski definition) is 2. The lowest BCUT2D eigenvalue weighted by atomic mass is 10.1. The third-order valence-electron chi connectivity index (χ3n) is 4.82. The van der Waals surface area contributed by atoms with Crippen molar-refractivity contribution in [2.45, 2.75) is 20.3 Å². The zero-order chi connectivity index (χ0) is 21.0. The number of rotatable bonds is 6. The van der Waals surface area contributed by atoms with Crippen molar-refractivity contribution >= 4 is 34.8 Å². The predicted octanol–water partition coefficient (Wildman–Crippen LogP) is 3.28. The zero-order valence-corrected chi connectivity index (χ0v) is 16.8. The van der Waals surface area contributed by atoms with Crippen LogP contribution in [-0.2, 0) is 14.4 Å². The molecule has 1 fully saturated rings. The lowest BCUT2D eigenvalue weighted by molar-refractivity contribution is -0.122. The molecule has 2 aromatic carbocycles. The Labute approximate surface area is 170 Å². The molecule has 0 bridgehead atoms. The molecule has 7 nitrogen and oxygen atoms in total. The van der Waals surface area contributed by atoms with E-state index in [1.54, 1.807) is 60.5 Å². The molecule has 2 aromatic rings. The Morgan fingerprint density at radius 2 is 1.59 bits per heavy atom. The molecule has 0 spiro atoms. The highest BCUT2D eigenvalue weighted by atomic mass is 16.5. The number of amides is 3. The summed E-state index contributed by atoms with van der Waals surface area (Å²) < 4.78 is 5.13. The maximum Gasteiger partial charge on any atom is 0.229 e.